The van der Waals surface area contributed by atoms with E-state index in [0.717, 1.165) is 37.7 Å². The summed E-state index contributed by atoms with van der Waals surface area (Å²) in [4.78, 5) is 57.6. The lowest BCUT2D eigenvalue weighted by atomic mass is 9.65. The fourth-order valence-corrected chi connectivity index (χ4v) is 8.20. The first-order chi connectivity index (χ1) is 21.6. The maximum Gasteiger partial charge on any atom is 0.407 e. The average Bonchev–Trinajstić information content (AvgIpc) is 3.51. The van der Waals surface area contributed by atoms with Crippen LogP contribution in [-0.4, -0.2) is 92.3 Å². The Kier molecular flexibility index (Phi) is 8.78. The van der Waals surface area contributed by atoms with Gasteiger partial charge in [0.1, 0.15) is 0 Å². The lowest BCUT2D eigenvalue weighted by molar-refractivity contribution is -0.163. The van der Waals surface area contributed by atoms with Crippen molar-refractivity contribution in [3.05, 3.63) is 58.5 Å². The molecule has 45 heavy (non-hydrogen) atoms. The molecule has 2 saturated carbocycles. The Morgan fingerprint density at radius 1 is 0.911 bits per heavy atom. The summed E-state index contributed by atoms with van der Waals surface area (Å²) in [6, 6.07) is 10.8. The van der Waals surface area contributed by atoms with E-state index in [0.29, 0.717) is 36.6 Å². The van der Waals surface area contributed by atoms with Crippen molar-refractivity contribution in [3.63, 3.8) is 0 Å². The number of carbonyl (C=O) groups is 3. The highest BCUT2D eigenvalue weighted by atomic mass is 16.4. The summed E-state index contributed by atoms with van der Waals surface area (Å²) in [5.41, 5.74) is -0.398. The Morgan fingerprint density at radius 3 is 2.20 bits per heavy atom. The van der Waals surface area contributed by atoms with Gasteiger partial charge in [0.15, 0.2) is 0 Å². The van der Waals surface area contributed by atoms with Crippen molar-refractivity contribution in [2.75, 3.05) is 39.3 Å². The molecule has 2 unspecified atom stereocenters. The normalized spacial score (nSPS) is 24.0. The van der Waals surface area contributed by atoms with Crippen LogP contribution in [0.25, 0.3) is 11.1 Å². The van der Waals surface area contributed by atoms with E-state index in [-0.39, 0.29) is 56.0 Å². The quantitative estimate of drug-likeness (QED) is 0.477. The largest absolute Gasteiger partial charge is 0.465 e. The molecule has 2 aliphatic carbocycles. The number of aliphatic hydroxyl groups is 1. The minimum Gasteiger partial charge on any atom is -0.465 e. The van der Waals surface area contributed by atoms with Gasteiger partial charge in [0.05, 0.1) is 17.7 Å². The molecule has 10 nitrogen and oxygen atoms in total. The van der Waals surface area contributed by atoms with Gasteiger partial charge in [-0.1, -0.05) is 69.4 Å². The first-order valence-electron chi connectivity index (χ1n) is 16.7. The van der Waals surface area contributed by atoms with E-state index in [1.54, 1.807) is 11.1 Å². The lowest BCUT2D eigenvalue weighted by Gasteiger charge is -2.53. The molecule has 4 fully saturated rings. The predicted octanol–water partition coefficient (Wildman–Crippen LogP) is 4.30. The number of carbonyl (C=O) groups excluding carboxylic acids is 2. The Bertz CT molecular complexity index is 1470. The number of carboxylic acid groups (broad SMARTS) is 1. The van der Waals surface area contributed by atoms with Gasteiger partial charge < -0.3 is 29.5 Å². The van der Waals surface area contributed by atoms with E-state index in [9.17, 15) is 29.4 Å². The van der Waals surface area contributed by atoms with E-state index in [4.69, 9.17) is 0 Å². The van der Waals surface area contributed by atoms with Crippen LogP contribution in [0.1, 0.15) is 75.1 Å². The van der Waals surface area contributed by atoms with Gasteiger partial charge >= 0.3 is 6.09 Å². The second-order valence-corrected chi connectivity index (χ2v) is 14.0. The topological polar surface area (TPSA) is 123 Å². The van der Waals surface area contributed by atoms with Gasteiger partial charge in [0.25, 0.3) is 11.5 Å². The molecule has 1 aromatic carbocycles. The molecule has 0 bridgehead atoms. The van der Waals surface area contributed by atoms with Gasteiger partial charge in [0.2, 0.25) is 5.91 Å². The zero-order valence-corrected chi connectivity index (χ0v) is 26.3. The SMILES string of the molecule is CC(CC1CCC1)C(=O)N1CCC(O)(Cn2cc(C(=O)N3CCN(C(=O)O)CC3)c(-c3ccccc3)cc2=O)C2(CCCC2)C1. The molecule has 6 rings (SSSR count). The monoisotopic (exact) mass is 618 g/mol. The minimum atomic E-state index is -1.21. The summed E-state index contributed by atoms with van der Waals surface area (Å²) in [6.07, 6.45) is 9.09. The van der Waals surface area contributed by atoms with E-state index < -0.39 is 17.1 Å². The third-order valence-electron chi connectivity index (χ3n) is 11.2. The second kappa shape index (κ2) is 12.6. The number of piperidine rings is 1. The number of nitrogens with zero attached hydrogens (tertiary/aromatic N) is 4. The first kappa shape index (κ1) is 31.3. The van der Waals surface area contributed by atoms with Crippen LogP contribution in [0.2, 0.25) is 0 Å². The summed E-state index contributed by atoms with van der Waals surface area (Å²) >= 11 is 0. The molecular formula is C35H46N4O6. The molecule has 10 heteroatoms. The summed E-state index contributed by atoms with van der Waals surface area (Å²) < 4.78 is 1.49. The molecule has 3 amide bonds. The number of likely N-dealkylation sites (tertiary alicyclic amines) is 1. The average molecular weight is 619 g/mol. The summed E-state index contributed by atoms with van der Waals surface area (Å²) in [7, 11) is 0. The maximum absolute atomic E-state index is 14.0. The van der Waals surface area contributed by atoms with Crippen molar-refractivity contribution >= 4 is 17.9 Å². The van der Waals surface area contributed by atoms with E-state index in [1.807, 2.05) is 42.2 Å². The smallest absolute Gasteiger partial charge is 0.407 e. The van der Waals surface area contributed by atoms with E-state index in [2.05, 4.69) is 0 Å². The molecule has 4 aliphatic rings. The number of pyridine rings is 1. The molecule has 0 radical (unpaired) electrons. The van der Waals surface area contributed by atoms with Crippen LogP contribution in [0.4, 0.5) is 4.79 Å². The van der Waals surface area contributed by atoms with E-state index in [1.165, 1.54) is 34.8 Å². The highest BCUT2D eigenvalue weighted by Crippen LogP contribution is 2.52. The highest BCUT2D eigenvalue weighted by molar-refractivity contribution is 6.00. The Labute approximate surface area is 264 Å². The van der Waals surface area contributed by atoms with Gasteiger partial charge in [0, 0.05) is 68.4 Å². The summed E-state index contributed by atoms with van der Waals surface area (Å²) in [6.45, 7) is 3.99. The fraction of sp³-hybridized carbons (Fsp3) is 0.600. The van der Waals surface area contributed by atoms with Crippen molar-refractivity contribution in [3.8, 4) is 11.1 Å². The van der Waals surface area contributed by atoms with Crippen molar-refractivity contribution in [1.82, 2.24) is 19.3 Å². The molecule has 3 heterocycles. The van der Waals surface area contributed by atoms with Crippen molar-refractivity contribution in [2.45, 2.75) is 76.9 Å². The zero-order chi connectivity index (χ0) is 31.8. The molecule has 242 valence electrons. The third kappa shape index (κ3) is 6.13. The number of rotatable bonds is 7. The van der Waals surface area contributed by atoms with E-state index >= 15 is 0 Å². The van der Waals surface area contributed by atoms with Gasteiger partial charge in [-0.2, -0.15) is 0 Å². The molecule has 2 N–H and O–H groups in total. The van der Waals surface area contributed by atoms with Crippen LogP contribution in [0.15, 0.2) is 47.4 Å². The third-order valence-corrected chi connectivity index (χ3v) is 11.2. The van der Waals surface area contributed by atoms with Crippen LogP contribution >= 0.6 is 0 Å². The molecule has 1 spiro atoms. The van der Waals surface area contributed by atoms with Gasteiger partial charge in [-0.05, 0) is 37.2 Å². The lowest BCUT2D eigenvalue weighted by Crippen LogP contribution is -2.62. The number of benzene rings is 1. The predicted molar refractivity (Wildman–Crippen MR) is 170 cm³/mol. The van der Waals surface area contributed by atoms with Gasteiger partial charge in [-0.25, -0.2) is 4.79 Å². The molecule has 2 aliphatic heterocycles. The van der Waals surface area contributed by atoms with Crippen LogP contribution in [-0.2, 0) is 11.3 Å². The molecule has 2 atom stereocenters. The number of amides is 3. The first-order valence-corrected chi connectivity index (χ1v) is 16.7. The van der Waals surface area contributed by atoms with Crippen LogP contribution in [0, 0.1) is 17.3 Å². The molecule has 2 aromatic rings. The molecular weight excluding hydrogens is 572 g/mol. The van der Waals surface area contributed by atoms with Crippen molar-refractivity contribution in [1.29, 1.82) is 0 Å². The minimum absolute atomic E-state index is 0.0287. The van der Waals surface area contributed by atoms with Gasteiger partial charge in [-0.15, -0.1) is 0 Å². The fourth-order valence-electron chi connectivity index (χ4n) is 8.20. The summed E-state index contributed by atoms with van der Waals surface area (Å²) in [5.74, 6) is 0.528. The van der Waals surface area contributed by atoms with Crippen LogP contribution < -0.4 is 5.56 Å². The molecule has 1 aromatic heterocycles. The molecule has 2 saturated heterocycles. The Morgan fingerprint density at radius 2 is 1.58 bits per heavy atom. The highest BCUT2D eigenvalue weighted by Gasteiger charge is 2.56. The number of hydrogen-bond acceptors (Lipinski definition) is 5. The second-order valence-electron chi connectivity index (χ2n) is 14.0. The Hall–Kier alpha value is -3.66. The van der Waals surface area contributed by atoms with Gasteiger partial charge in [-0.3, -0.25) is 14.4 Å². The Balaban J connectivity index is 1.28. The van der Waals surface area contributed by atoms with Crippen molar-refractivity contribution in [2.24, 2.45) is 17.3 Å². The standard InChI is InChI=1S/C35H46N4O6/c1-25(20-26-8-7-9-26)31(41)38-15-14-35(45,34(23-38)12-5-6-13-34)24-39-22-29(28(21-30(39)40)27-10-3-2-4-11-27)32(42)36-16-18-37(19-17-36)33(43)44/h2-4,10-11,21-22,25-26,45H,5-9,12-20,23-24H2,1H3,(H,43,44). The number of aromatic nitrogens is 1. The van der Waals surface area contributed by atoms with Crippen LogP contribution in [0.3, 0.4) is 0 Å². The zero-order valence-electron chi connectivity index (χ0n) is 26.3. The maximum atomic E-state index is 14.0. The number of hydrogen-bond donors (Lipinski definition) is 2. The van der Waals surface area contributed by atoms with Crippen LogP contribution in [0.5, 0.6) is 0 Å². The van der Waals surface area contributed by atoms with Crippen molar-refractivity contribution < 1.29 is 24.6 Å². The number of piperazine rings is 1. The summed E-state index contributed by atoms with van der Waals surface area (Å²) in [5, 5.41) is 21.8.